The van der Waals surface area contributed by atoms with Crippen molar-refractivity contribution in [3.63, 3.8) is 0 Å². The van der Waals surface area contributed by atoms with E-state index in [-0.39, 0.29) is 0 Å². The molecule has 0 radical (unpaired) electrons. The summed E-state index contributed by atoms with van der Waals surface area (Å²) < 4.78 is 0. The number of hydrogen-bond acceptors (Lipinski definition) is 0. The van der Waals surface area contributed by atoms with Gasteiger partial charge in [0.25, 0.3) is 0 Å². The van der Waals surface area contributed by atoms with Crippen molar-refractivity contribution in [2.75, 3.05) is 0 Å². The fraction of sp³-hybridized carbons (Fsp3) is 0.733. The van der Waals surface area contributed by atoms with E-state index in [4.69, 9.17) is 0 Å². The maximum atomic E-state index is 2.46. The van der Waals surface area contributed by atoms with Crippen molar-refractivity contribution >= 4 is 0 Å². The van der Waals surface area contributed by atoms with Crippen molar-refractivity contribution in [1.29, 1.82) is 0 Å². The van der Waals surface area contributed by atoms with Gasteiger partial charge in [-0.15, -0.1) is 0 Å². The van der Waals surface area contributed by atoms with Gasteiger partial charge in [0.1, 0.15) is 0 Å². The van der Waals surface area contributed by atoms with E-state index in [1.165, 1.54) is 0 Å². The molecular weight excluding hydrogens is 180 g/mol. The van der Waals surface area contributed by atoms with E-state index >= 15 is 0 Å². The van der Waals surface area contributed by atoms with Gasteiger partial charge in [-0.2, -0.15) is 0 Å². The summed E-state index contributed by atoms with van der Waals surface area (Å²) in [6, 6.07) is 0. The molecule has 84 valence electrons. The number of rotatable bonds is 0. The van der Waals surface area contributed by atoms with E-state index < -0.39 is 0 Å². The highest BCUT2D eigenvalue weighted by atomic mass is 14.4. The molecule has 2 aliphatic carbocycles. The molecule has 0 nitrogen and oxygen atoms in total. The van der Waals surface area contributed by atoms with Gasteiger partial charge in [-0.05, 0) is 42.1 Å². The predicted molar refractivity (Wildman–Crippen MR) is 66.6 cm³/mol. The van der Waals surface area contributed by atoms with Gasteiger partial charge in [0.15, 0.2) is 0 Å². The third-order valence-electron chi connectivity index (χ3n) is 5.25. The third kappa shape index (κ3) is 1.41. The first-order valence-corrected chi connectivity index (χ1v) is 6.37. The number of hydrogen-bond donors (Lipinski definition) is 0. The second kappa shape index (κ2) is 3.50. The highest BCUT2D eigenvalue weighted by Crippen LogP contribution is 2.49. The van der Waals surface area contributed by atoms with Gasteiger partial charge in [-0.1, -0.05) is 51.8 Å². The van der Waals surface area contributed by atoms with Crippen LogP contribution in [0.15, 0.2) is 22.8 Å². The molecule has 0 spiro atoms. The molecule has 0 heterocycles. The summed E-state index contributed by atoms with van der Waals surface area (Å²) in [6.07, 6.45) is 2.46. The second-order valence-corrected chi connectivity index (χ2v) is 5.82. The van der Waals surface area contributed by atoms with Gasteiger partial charge in [-0.25, -0.2) is 0 Å². The minimum absolute atomic E-state index is 0.701. The fourth-order valence-electron chi connectivity index (χ4n) is 3.48. The van der Waals surface area contributed by atoms with Gasteiger partial charge in [0.2, 0.25) is 0 Å². The lowest BCUT2D eigenvalue weighted by atomic mass is 9.65. The average Bonchev–Trinajstić information content (AvgIpc) is 2.50. The molecule has 0 fully saturated rings. The zero-order chi connectivity index (χ0) is 11.3. The first-order valence-electron chi connectivity index (χ1n) is 6.37. The smallest absolute Gasteiger partial charge is 0.00123 e. The van der Waals surface area contributed by atoms with Gasteiger partial charge in [0, 0.05) is 0 Å². The van der Waals surface area contributed by atoms with Gasteiger partial charge >= 0.3 is 0 Å². The molecule has 0 aromatic rings. The summed E-state index contributed by atoms with van der Waals surface area (Å²) in [7, 11) is 0. The summed E-state index contributed by atoms with van der Waals surface area (Å²) in [5, 5.41) is 0. The van der Waals surface area contributed by atoms with Crippen molar-refractivity contribution < 1.29 is 0 Å². The fourth-order valence-corrected chi connectivity index (χ4v) is 3.48. The van der Waals surface area contributed by atoms with Crippen LogP contribution in [0.4, 0.5) is 0 Å². The quantitative estimate of drug-likeness (QED) is 0.547. The Morgan fingerprint density at radius 2 is 1.40 bits per heavy atom. The third-order valence-corrected chi connectivity index (χ3v) is 5.25. The van der Waals surface area contributed by atoms with Crippen LogP contribution in [-0.2, 0) is 0 Å². The maximum absolute atomic E-state index is 2.46. The molecule has 5 atom stereocenters. The molecule has 0 bridgehead atoms. The van der Waals surface area contributed by atoms with Crippen LogP contribution in [0.1, 0.15) is 41.5 Å². The Labute approximate surface area is 94.5 Å². The Bertz CT molecular complexity index is 332. The summed E-state index contributed by atoms with van der Waals surface area (Å²) in [6.45, 7) is 14.3. The van der Waals surface area contributed by atoms with Crippen molar-refractivity contribution in [1.82, 2.24) is 0 Å². The van der Waals surface area contributed by atoms with Crippen molar-refractivity contribution in [3.05, 3.63) is 22.8 Å². The van der Waals surface area contributed by atoms with E-state index in [1.54, 1.807) is 16.7 Å². The summed E-state index contributed by atoms with van der Waals surface area (Å²) >= 11 is 0. The van der Waals surface area contributed by atoms with Crippen LogP contribution in [0.2, 0.25) is 0 Å². The summed E-state index contributed by atoms with van der Waals surface area (Å²) in [5.41, 5.74) is 4.98. The normalized spacial score (nSPS) is 45.5. The second-order valence-electron chi connectivity index (χ2n) is 5.82. The highest BCUT2D eigenvalue weighted by Gasteiger charge is 2.39. The Hall–Kier alpha value is -0.520. The van der Waals surface area contributed by atoms with E-state index in [0.717, 1.165) is 23.7 Å². The molecule has 0 aromatic carbocycles. The van der Waals surface area contributed by atoms with Gasteiger partial charge < -0.3 is 0 Å². The largest absolute Gasteiger partial charge is 0.0661 e. The maximum Gasteiger partial charge on any atom is -0.00123 e. The molecular formula is C15H24. The van der Waals surface area contributed by atoms with Crippen molar-refractivity contribution in [2.24, 2.45) is 29.6 Å². The van der Waals surface area contributed by atoms with Crippen LogP contribution in [0, 0.1) is 29.6 Å². The lowest BCUT2D eigenvalue weighted by Crippen LogP contribution is -2.31. The topological polar surface area (TPSA) is 0 Å². The zero-order valence-electron chi connectivity index (χ0n) is 11.0. The van der Waals surface area contributed by atoms with Crippen molar-refractivity contribution in [3.8, 4) is 0 Å². The molecule has 15 heavy (non-hydrogen) atoms. The highest BCUT2D eigenvalue weighted by molar-refractivity contribution is 5.45. The monoisotopic (exact) mass is 204 g/mol. The Morgan fingerprint density at radius 3 is 2.00 bits per heavy atom. The molecule has 0 saturated heterocycles. The van der Waals surface area contributed by atoms with Crippen LogP contribution in [-0.4, -0.2) is 0 Å². The molecule has 0 aliphatic heterocycles. The van der Waals surface area contributed by atoms with Crippen LogP contribution in [0.25, 0.3) is 0 Å². The Kier molecular flexibility index (Phi) is 2.56. The van der Waals surface area contributed by atoms with E-state index in [1.807, 2.05) is 0 Å². The predicted octanol–water partition coefficient (Wildman–Crippen LogP) is 4.44. The molecule has 0 saturated carbocycles. The number of allylic oxidation sites excluding steroid dienone is 4. The van der Waals surface area contributed by atoms with Crippen LogP contribution in [0.5, 0.6) is 0 Å². The minimum Gasteiger partial charge on any atom is -0.0661 e. The van der Waals surface area contributed by atoms with Gasteiger partial charge in [0.05, 0.1) is 0 Å². The molecule has 5 unspecified atom stereocenters. The van der Waals surface area contributed by atoms with Crippen LogP contribution >= 0.6 is 0 Å². The van der Waals surface area contributed by atoms with Crippen LogP contribution in [0.3, 0.4) is 0 Å². The van der Waals surface area contributed by atoms with E-state index in [9.17, 15) is 0 Å². The standard InChI is InChI=1S/C15H24/c1-8-7-14-12(5)10(3)11(4)13(6)15(14)9(8)2/h7,9-13H,1-6H3. The van der Waals surface area contributed by atoms with Gasteiger partial charge in [-0.3, -0.25) is 0 Å². The molecule has 2 aliphatic rings. The first-order chi connectivity index (χ1) is 6.95. The SMILES string of the molecule is CC1=CC2=C(C1C)C(C)C(C)C(C)C2C. The molecule has 0 heteroatoms. The average molecular weight is 204 g/mol. The van der Waals surface area contributed by atoms with E-state index in [0.29, 0.717) is 5.92 Å². The minimum atomic E-state index is 0.701. The molecule has 2 rings (SSSR count). The molecule has 0 N–H and O–H groups in total. The summed E-state index contributed by atoms with van der Waals surface area (Å²) in [4.78, 5) is 0. The Balaban J connectivity index is 2.45. The summed E-state index contributed by atoms with van der Waals surface area (Å²) in [5.74, 6) is 3.89. The molecule has 0 aromatic heterocycles. The lowest BCUT2D eigenvalue weighted by Gasteiger charge is -2.39. The Morgan fingerprint density at radius 1 is 0.867 bits per heavy atom. The first kappa shape index (κ1) is 11.0. The zero-order valence-corrected chi connectivity index (χ0v) is 11.0. The van der Waals surface area contributed by atoms with Crippen molar-refractivity contribution in [2.45, 2.75) is 41.5 Å². The lowest BCUT2D eigenvalue weighted by molar-refractivity contribution is 0.224. The van der Waals surface area contributed by atoms with E-state index in [2.05, 4.69) is 47.6 Å². The molecule has 0 amide bonds. The van der Waals surface area contributed by atoms with Crippen LogP contribution < -0.4 is 0 Å².